The van der Waals surface area contributed by atoms with E-state index in [4.69, 9.17) is 18.0 Å². The normalized spacial score (nSPS) is 16.9. The van der Waals surface area contributed by atoms with Crippen LogP contribution in [0.3, 0.4) is 0 Å². The Morgan fingerprint density at radius 3 is 2.41 bits per heavy atom. The number of thiocarbonyl (C=S) groups is 1. The number of hydrogen-bond acceptors (Lipinski definition) is 2. The molecule has 0 radical (unpaired) electrons. The van der Waals surface area contributed by atoms with Crippen molar-refractivity contribution in [3.63, 3.8) is 0 Å². The minimum atomic E-state index is 0.310. The van der Waals surface area contributed by atoms with Crippen LogP contribution in [0.5, 0.6) is 0 Å². The Kier molecular flexibility index (Phi) is 3.84. The van der Waals surface area contributed by atoms with Crippen LogP contribution in [0.25, 0.3) is 0 Å². The standard InChI is InChI=1S/C13H19N3S/c1-10-6-8-16(9-7-10)12-4-2-11(3-5-12)15-13(14)17/h2-5,10H,6-9H2,1H3,(H3,14,15,17). The first kappa shape index (κ1) is 12.2. The minimum Gasteiger partial charge on any atom is -0.376 e. The number of piperidine rings is 1. The van der Waals surface area contributed by atoms with Crippen LogP contribution in [0.4, 0.5) is 11.4 Å². The van der Waals surface area contributed by atoms with Gasteiger partial charge in [-0.25, -0.2) is 0 Å². The van der Waals surface area contributed by atoms with Crippen molar-refractivity contribution in [2.45, 2.75) is 19.8 Å². The molecule has 1 fully saturated rings. The second-order valence-corrected chi connectivity index (χ2v) is 5.15. The van der Waals surface area contributed by atoms with E-state index in [0.29, 0.717) is 5.11 Å². The molecule has 2 rings (SSSR count). The fourth-order valence-corrected chi connectivity index (χ4v) is 2.28. The van der Waals surface area contributed by atoms with Crippen LogP contribution in [-0.4, -0.2) is 18.2 Å². The maximum atomic E-state index is 5.43. The molecule has 92 valence electrons. The second-order valence-electron chi connectivity index (χ2n) is 4.71. The molecule has 0 atom stereocenters. The summed E-state index contributed by atoms with van der Waals surface area (Å²) in [6, 6.07) is 8.28. The van der Waals surface area contributed by atoms with Crippen LogP contribution in [-0.2, 0) is 0 Å². The highest BCUT2D eigenvalue weighted by atomic mass is 32.1. The van der Waals surface area contributed by atoms with Gasteiger partial charge in [0.1, 0.15) is 0 Å². The van der Waals surface area contributed by atoms with E-state index < -0.39 is 0 Å². The third-order valence-electron chi connectivity index (χ3n) is 3.28. The summed E-state index contributed by atoms with van der Waals surface area (Å²) in [7, 11) is 0. The maximum Gasteiger partial charge on any atom is 0.168 e. The summed E-state index contributed by atoms with van der Waals surface area (Å²) in [6.07, 6.45) is 2.57. The lowest BCUT2D eigenvalue weighted by Crippen LogP contribution is -2.32. The van der Waals surface area contributed by atoms with Gasteiger partial charge in [0, 0.05) is 24.5 Å². The lowest BCUT2D eigenvalue weighted by atomic mass is 9.99. The summed E-state index contributed by atoms with van der Waals surface area (Å²) < 4.78 is 0. The predicted octanol–water partition coefficient (Wildman–Crippen LogP) is 2.58. The van der Waals surface area contributed by atoms with Gasteiger partial charge in [-0.3, -0.25) is 0 Å². The molecule has 1 aromatic rings. The molecule has 1 heterocycles. The first-order chi connectivity index (χ1) is 8.15. The Bertz CT molecular complexity index is 380. The molecular weight excluding hydrogens is 230 g/mol. The Balaban J connectivity index is 2.00. The fourth-order valence-electron chi connectivity index (χ4n) is 2.16. The topological polar surface area (TPSA) is 41.3 Å². The van der Waals surface area contributed by atoms with Gasteiger partial charge in [-0.05, 0) is 55.2 Å². The highest BCUT2D eigenvalue weighted by Crippen LogP contribution is 2.24. The van der Waals surface area contributed by atoms with E-state index in [1.54, 1.807) is 0 Å². The first-order valence-electron chi connectivity index (χ1n) is 6.06. The maximum absolute atomic E-state index is 5.43. The summed E-state index contributed by atoms with van der Waals surface area (Å²) in [5, 5.41) is 3.24. The number of nitrogens with one attached hydrogen (secondary N) is 1. The number of rotatable bonds is 2. The number of hydrogen-bond donors (Lipinski definition) is 2. The van der Waals surface area contributed by atoms with Gasteiger partial charge in [-0.2, -0.15) is 0 Å². The van der Waals surface area contributed by atoms with Gasteiger partial charge >= 0.3 is 0 Å². The third kappa shape index (κ3) is 3.33. The van der Waals surface area contributed by atoms with Gasteiger partial charge in [0.05, 0.1) is 0 Å². The van der Waals surface area contributed by atoms with E-state index in [2.05, 4.69) is 29.3 Å². The molecule has 1 aliphatic heterocycles. The van der Waals surface area contributed by atoms with E-state index in [0.717, 1.165) is 24.7 Å². The summed E-state index contributed by atoms with van der Waals surface area (Å²) in [6.45, 7) is 4.64. The summed E-state index contributed by atoms with van der Waals surface area (Å²) in [5.41, 5.74) is 7.66. The highest BCUT2D eigenvalue weighted by Gasteiger charge is 2.15. The zero-order chi connectivity index (χ0) is 12.3. The Labute approximate surface area is 108 Å². The monoisotopic (exact) mass is 249 g/mol. The lowest BCUT2D eigenvalue weighted by Gasteiger charge is -2.32. The quantitative estimate of drug-likeness (QED) is 0.791. The van der Waals surface area contributed by atoms with Crippen molar-refractivity contribution in [1.82, 2.24) is 0 Å². The van der Waals surface area contributed by atoms with Gasteiger partial charge in [0.25, 0.3) is 0 Å². The Morgan fingerprint density at radius 2 is 1.88 bits per heavy atom. The van der Waals surface area contributed by atoms with Crippen molar-refractivity contribution in [1.29, 1.82) is 0 Å². The number of benzene rings is 1. The predicted molar refractivity (Wildman–Crippen MR) is 77.5 cm³/mol. The van der Waals surface area contributed by atoms with Crippen molar-refractivity contribution in [3.05, 3.63) is 24.3 Å². The van der Waals surface area contributed by atoms with Gasteiger partial charge in [0.15, 0.2) is 5.11 Å². The SMILES string of the molecule is CC1CCN(c2ccc(NC(N)=S)cc2)CC1. The number of nitrogens with two attached hydrogens (primary N) is 1. The fraction of sp³-hybridized carbons (Fsp3) is 0.462. The number of anilines is 2. The van der Waals surface area contributed by atoms with Gasteiger partial charge in [-0.1, -0.05) is 6.92 Å². The average molecular weight is 249 g/mol. The summed E-state index contributed by atoms with van der Waals surface area (Å²) in [4.78, 5) is 2.44. The van der Waals surface area contributed by atoms with E-state index in [1.165, 1.54) is 18.5 Å². The van der Waals surface area contributed by atoms with E-state index in [-0.39, 0.29) is 0 Å². The lowest BCUT2D eigenvalue weighted by molar-refractivity contribution is 0.438. The summed E-state index contributed by atoms with van der Waals surface area (Å²) >= 11 is 4.80. The molecule has 0 saturated carbocycles. The molecule has 4 heteroatoms. The molecule has 0 aliphatic carbocycles. The van der Waals surface area contributed by atoms with Gasteiger partial charge in [-0.15, -0.1) is 0 Å². The molecular formula is C13H19N3S. The van der Waals surface area contributed by atoms with Crippen LogP contribution in [0, 0.1) is 5.92 Å². The van der Waals surface area contributed by atoms with E-state index in [1.807, 2.05) is 12.1 Å². The first-order valence-corrected chi connectivity index (χ1v) is 6.47. The van der Waals surface area contributed by atoms with E-state index >= 15 is 0 Å². The molecule has 1 aromatic carbocycles. The minimum absolute atomic E-state index is 0.310. The van der Waals surface area contributed by atoms with Crippen molar-refractivity contribution >= 4 is 28.7 Å². The van der Waals surface area contributed by atoms with Gasteiger partial charge in [0.2, 0.25) is 0 Å². The largest absolute Gasteiger partial charge is 0.376 e. The molecule has 17 heavy (non-hydrogen) atoms. The van der Waals surface area contributed by atoms with Crippen LogP contribution in [0.2, 0.25) is 0 Å². The van der Waals surface area contributed by atoms with Gasteiger partial charge < -0.3 is 16.0 Å². The second kappa shape index (κ2) is 5.36. The van der Waals surface area contributed by atoms with Crippen LogP contribution < -0.4 is 16.0 Å². The molecule has 0 unspecified atom stereocenters. The molecule has 0 aromatic heterocycles. The summed E-state index contributed by atoms with van der Waals surface area (Å²) in [5.74, 6) is 0.863. The molecule has 3 nitrogen and oxygen atoms in total. The van der Waals surface area contributed by atoms with Crippen LogP contribution in [0.1, 0.15) is 19.8 Å². The molecule has 0 amide bonds. The smallest absolute Gasteiger partial charge is 0.168 e. The molecule has 1 saturated heterocycles. The molecule has 3 N–H and O–H groups in total. The molecule has 0 spiro atoms. The number of nitrogens with zero attached hydrogens (tertiary/aromatic N) is 1. The van der Waals surface area contributed by atoms with Crippen molar-refractivity contribution < 1.29 is 0 Å². The van der Waals surface area contributed by atoms with E-state index in [9.17, 15) is 0 Å². The zero-order valence-corrected chi connectivity index (χ0v) is 11.0. The third-order valence-corrected chi connectivity index (χ3v) is 3.39. The van der Waals surface area contributed by atoms with Crippen LogP contribution in [0.15, 0.2) is 24.3 Å². The van der Waals surface area contributed by atoms with Crippen molar-refractivity contribution in [2.24, 2.45) is 11.7 Å². The molecule has 1 aliphatic rings. The van der Waals surface area contributed by atoms with Crippen molar-refractivity contribution in [2.75, 3.05) is 23.3 Å². The Hall–Kier alpha value is -1.29. The van der Waals surface area contributed by atoms with Crippen LogP contribution >= 0.6 is 12.2 Å². The average Bonchev–Trinajstić information content (AvgIpc) is 2.30. The van der Waals surface area contributed by atoms with Crippen molar-refractivity contribution in [3.8, 4) is 0 Å². The zero-order valence-electron chi connectivity index (χ0n) is 10.1. The Morgan fingerprint density at radius 1 is 1.29 bits per heavy atom. The highest BCUT2D eigenvalue weighted by molar-refractivity contribution is 7.80. The molecule has 0 bridgehead atoms.